The van der Waals surface area contributed by atoms with Gasteiger partial charge in [0.25, 0.3) is 5.69 Å². The van der Waals surface area contributed by atoms with Crippen LogP contribution in [0.15, 0.2) is 54.9 Å². The fraction of sp³-hybridized carbons (Fsp3) is 0. The third kappa shape index (κ3) is 2.33. The van der Waals surface area contributed by atoms with Gasteiger partial charge < -0.3 is 0 Å². The number of hydrogen-bond acceptors (Lipinski definition) is 3. The zero-order valence-corrected chi connectivity index (χ0v) is 8.32. The van der Waals surface area contributed by atoms with E-state index in [-0.39, 0.29) is 5.69 Å². The fourth-order valence-corrected chi connectivity index (χ4v) is 1.19. The number of aromatic nitrogens is 1. The van der Waals surface area contributed by atoms with Gasteiger partial charge in [-0.3, -0.25) is 10.1 Å². The first-order valence-electron chi connectivity index (χ1n) is 4.65. The summed E-state index contributed by atoms with van der Waals surface area (Å²) in [4.78, 5) is 15.4. The summed E-state index contributed by atoms with van der Waals surface area (Å²) in [6.07, 6.45) is 3.48. The van der Waals surface area contributed by atoms with Crippen molar-refractivity contribution >= 4 is 5.69 Å². The molecule has 5 nitrogen and oxygen atoms in total. The van der Waals surface area contributed by atoms with Gasteiger partial charge in [-0.2, -0.15) is 0 Å². The molecule has 1 aromatic heterocycles. The van der Waals surface area contributed by atoms with E-state index in [1.54, 1.807) is 24.5 Å². The molecule has 0 radical (unpaired) electrons. The summed E-state index contributed by atoms with van der Waals surface area (Å²) >= 11 is 0. The highest BCUT2D eigenvalue weighted by Crippen LogP contribution is 2.16. The minimum absolute atomic E-state index is 0.0467. The summed E-state index contributed by atoms with van der Waals surface area (Å²) in [5.74, 6) is 0.543. The quantitative estimate of drug-likeness (QED) is 0.447. The van der Waals surface area contributed by atoms with Gasteiger partial charge >= 0.3 is 0 Å². The third-order valence-corrected chi connectivity index (χ3v) is 1.95. The molecule has 16 heavy (non-hydrogen) atoms. The van der Waals surface area contributed by atoms with E-state index in [4.69, 9.17) is 4.84 Å². The first-order chi connectivity index (χ1) is 7.75. The van der Waals surface area contributed by atoms with E-state index in [2.05, 4.69) is 0 Å². The lowest BCUT2D eigenvalue weighted by atomic mass is 10.3. The molecule has 0 bridgehead atoms. The maximum absolute atomic E-state index is 10.4. The van der Waals surface area contributed by atoms with E-state index in [1.807, 2.05) is 18.2 Å². The molecule has 0 atom stereocenters. The molecule has 0 saturated carbocycles. The van der Waals surface area contributed by atoms with Crippen LogP contribution in [0.5, 0.6) is 5.75 Å². The lowest BCUT2D eigenvalue weighted by Gasteiger charge is -1.96. The topological polar surface area (TPSA) is 56.3 Å². The first kappa shape index (κ1) is 10.1. The van der Waals surface area contributed by atoms with Crippen LogP contribution in [0.4, 0.5) is 5.69 Å². The second-order valence-corrected chi connectivity index (χ2v) is 3.08. The summed E-state index contributed by atoms with van der Waals surface area (Å²) in [6, 6.07) is 11.4. The molecule has 5 heteroatoms. The Balaban J connectivity index is 2.14. The third-order valence-electron chi connectivity index (χ3n) is 1.95. The van der Waals surface area contributed by atoms with Crippen molar-refractivity contribution in [1.29, 1.82) is 0 Å². The summed E-state index contributed by atoms with van der Waals surface area (Å²) in [5.41, 5.74) is 0.0467. The van der Waals surface area contributed by atoms with Crippen molar-refractivity contribution in [2.24, 2.45) is 0 Å². The summed E-state index contributed by atoms with van der Waals surface area (Å²) in [7, 11) is 0. The Labute approximate surface area is 91.6 Å². The standard InChI is InChI=1S/C11H9N2O3/c14-13(15)10-4-6-11(7-5-10)16-12-8-2-1-3-9-12/h1-9H/q+1. The monoisotopic (exact) mass is 217 g/mol. The molecule has 0 spiro atoms. The highest BCUT2D eigenvalue weighted by molar-refractivity contribution is 5.35. The molecule has 0 unspecified atom stereocenters. The summed E-state index contributed by atoms with van der Waals surface area (Å²) in [6.45, 7) is 0. The van der Waals surface area contributed by atoms with Gasteiger partial charge in [0.05, 0.1) is 4.92 Å². The Morgan fingerprint density at radius 3 is 2.25 bits per heavy atom. The number of nitro benzene ring substituents is 1. The molecule has 1 aromatic carbocycles. The van der Waals surface area contributed by atoms with Crippen molar-refractivity contribution in [2.75, 3.05) is 0 Å². The molecule has 0 N–H and O–H groups in total. The van der Waals surface area contributed by atoms with Gasteiger partial charge in [0.2, 0.25) is 18.1 Å². The van der Waals surface area contributed by atoms with Crippen molar-refractivity contribution in [3.63, 3.8) is 0 Å². The zero-order chi connectivity index (χ0) is 11.4. The Morgan fingerprint density at radius 1 is 1.06 bits per heavy atom. The van der Waals surface area contributed by atoms with Gasteiger partial charge in [0.1, 0.15) is 0 Å². The Hall–Kier alpha value is -2.43. The van der Waals surface area contributed by atoms with Crippen molar-refractivity contribution < 1.29 is 14.5 Å². The largest absolute Gasteiger partial charge is 0.269 e. The van der Waals surface area contributed by atoms with Crippen LogP contribution >= 0.6 is 0 Å². The normalized spacial score (nSPS) is 9.75. The molecular formula is C11H9N2O3+. The van der Waals surface area contributed by atoms with Crippen molar-refractivity contribution in [1.82, 2.24) is 0 Å². The maximum atomic E-state index is 10.4. The molecule has 2 rings (SSSR count). The van der Waals surface area contributed by atoms with Gasteiger partial charge in [-0.25, -0.2) is 4.84 Å². The number of pyridine rings is 1. The van der Waals surface area contributed by atoms with Crippen LogP contribution < -0.4 is 9.57 Å². The smallest absolute Gasteiger partial charge is 0.258 e. The van der Waals surface area contributed by atoms with Crippen LogP contribution in [0.2, 0.25) is 0 Å². The summed E-state index contributed by atoms with van der Waals surface area (Å²) < 4.78 is 1.52. The number of nitro groups is 1. The average Bonchev–Trinajstić information content (AvgIpc) is 2.31. The minimum atomic E-state index is -0.445. The van der Waals surface area contributed by atoms with E-state index < -0.39 is 4.92 Å². The second-order valence-electron chi connectivity index (χ2n) is 3.08. The molecule has 0 aliphatic carbocycles. The fourth-order valence-electron chi connectivity index (χ4n) is 1.19. The number of hydrogen-bond donors (Lipinski definition) is 0. The van der Waals surface area contributed by atoms with Gasteiger partial charge in [-0.05, 0) is 12.1 Å². The van der Waals surface area contributed by atoms with Crippen LogP contribution in [0.25, 0.3) is 0 Å². The van der Waals surface area contributed by atoms with Crippen LogP contribution in [0, 0.1) is 10.1 Å². The molecule has 2 aromatic rings. The number of nitrogens with zero attached hydrogens (tertiary/aromatic N) is 2. The highest BCUT2D eigenvalue weighted by Gasteiger charge is 2.07. The van der Waals surface area contributed by atoms with Gasteiger partial charge in [0.15, 0.2) is 0 Å². The predicted octanol–water partition coefficient (Wildman–Crippen LogP) is 1.72. The van der Waals surface area contributed by atoms with Crippen LogP contribution in [0.3, 0.4) is 0 Å². The Morgan fingerprint density at radius 2 is 1.69 bits per heavy atom. The zero-order valence-electron chi connectivity index (χ0n) is 8.32. The summed E-state index contributed by atoms with van der Waals surface area (Å²) in [5, 5.41) is 10.4. The van der Waals surface area contributed by atoms with Gasteiger partial charge in [-0.15, -0.1) is 0 Å². The maximum Gasteiger partial charge on any atom is 0.269 e. The molecule has 0 fully saturated rings. The predicted molar refractivity (Wildman–Crippen MR) is 55.8 cm³/mol. The molecule has 0 aliphatic rings. The van der Waals surface area contributed by atoms with Crippen molar-refractivity contribution in [3.05, 3.63) is 65.0 Å². The molecule has 0 amide bonds. The van der Waals surface area contributed by atoms with E-state index in [0.717, 1.165) is 0 Å². The lowest BCUT2D eigenvalue weighted by Crippen LogP contribution is -2.38. The molecule has 0 saturated heterocycles. The molecular weight excluding hydrogens is 208 g/mol. The Bertz CT molecular complexity index is 482. The minimum Gasteiger partial charge on any atom is -0.258 e. The van der Waals surface area contributed by atoms with Crippen molar-refractivity contribution in [3.8, 4) is 5.75 Å². The van der Waals surface area contributed by atoms with Crippen molar-refractivity contribution in [2.45, 2.75) is 0 Å². The van der Waals surface area contributed by atoms with Crippen LogP contribution in [-0.2, 0) is 0 Å². The number of benzene rings is 1. The van der Waals surface area contributed by atoms with Crippen LogP contribution in [0.1, 0.15) is 0 Å². The molecule has 1 heterocycles. The SMILES string of the molecule is O=[N+]([O-])c1ccc(O[n+]2ccccc2)cc1. The van der Waals surface area contributed by atoms with E-state index in [9.17, 15) is 10.1 Å². The highest BCUT2D eigenvalue weighted by atomic mass is 16.7. The van der Waals surface area contributed by atoms with Gasteiger partial charge in [-0.1, -0.05) is 6.07 Å². The molecule has 0 aliphatic heterocycles. The first-order valence-corrected chi connectivity index (χ1v) is 4.65. The van der Waals surface area contributed by atoms with E-state index in [1.165, 1.54) is 16.9 Å². The number of non-ortho nitro benzene ring substituents is 1. The average molecular weight is 217 g/mol. The van der Waals surface area contributed by atoms with E-state index >= 15 is 0 Å². The lowest BCUT2D eigenvalue weighted by molar-refractivity contribution is -0.875. The number of rotatable bonds is 3. The Kier molecular flexibility index (Phi) is 2.77. The van der Waals surface area contributed by atoms with Gasteiger partial charge in [0, 0.05) is 29.0 Å². The second kappa shape index (κ2) is 4.39. The molecule has 80 valence electrons. The van der Waals surface area contributed by atoms with Crippen LogP contribution in [-0.4, -0.2) is 4.92 Å². The van der Waals surface area contributed by atoms with E-state index in [0.29, 0.717) is 5.75 Å².